The van der Waals surface area contributed by atoms with Gasteiger partial charge in [-0.25, -0.2) is 0 Å². The van der Waals surface area contributed by atoms with E-state index in [4.69, 9.17) is 15.2 Å². The fraction of sp³-hybridized carbons (Fsp3) is 0.333. The molecule has 2 amide bonds. The monoisotopic (exact) mass is 383 g/mol. The summed E-state index contributed by atoms with van der Waals surface area (Å²) in [6.45, 7) is 0.625. The Bertz CT molecular complexity index is 821. The number of anilines is 1. The maximum atomic E-state index is 13.2. The Labute approximate surface area is 164 Å². The highest BCUT2D eigenvalue weighted by atomic mass is 16.5. The lowest BCUT2D eigenvalue weighted by Crippen LogP contribution is -2.46. The van der Waals surface area contributed by atoms with Crippen molar-refractivity contribution in [2.75, 3.05) is 26.1 Å². The molecular formula is C21H25N3O4. The molecule has 7 heteroatoms. The van der Waals surface area contributed by atoms with Crippen LogP contribution in [0, 0.1) is 0 Å². The van der Waals surface area contributed by atoms with Crippen LogP contribution in [0.2, 0.25) is 0 Å². The molecule has 1 aliphatic heterocycles. The predicted molar refractivity (Wildman–Crippen MR) is 106 cm³/mol. The van der Waals surface area contributed by atoms with Gasteiger partial charge in [0.1, 0.15) is 17.5 Å². The van der Waals surface area contributed by atoms with Gasteiger partial charge in [-0.1, -0.05) is 12.1 Å². The molecule has 3 rings (SSSR count). The standard InChI is InChI=1S/C21H25N3O4/c1-27-16-9-5-14(6-10-16)19(24-13-3-4-18(24)20(22)25)21(26)23-15-7-11-17(28-2)12-8-15/h5-12,18-19H,3-4,13H2,1-2H3,(H2,22,25)(H,23,26)/t18?,19-/m0/s1. The topological polar surface area (TPSA) is 93.9 Å². The second kappa shape index (κ2) is 8.75. The third-order valence-electron chi connectivity index (χ3n) is 4.99. The number of ether oxygens (including phenoxy) is 2. The highest BCUT2D eigenvalue weighted by molar-refractivity contribution is 5.96. The molecule has 1 fully saturated rings. The summed E-state index contributed by atoms with van der Waals surface area (Å²) in [4.78, 5) is 27.0. The van der Waals surface area contributed by atoms with Crippen molar-refractivity contribution in [1.29, 1.82) is 0 Å². The van der Waals surface area contributed by atoms with Gasteiger partial charge in [-0.05, 0) is 54.8 Å². The molecule has 0 saturated carbocycles. The van der Waals surface area contributed by atoms with Gasteiger partial charge in [0, 0.05) is 12.2 Å². The van der Waals surface area contributed by atoms with Crippen molar-refractivity contribution >= 4 is 17.5 Å². The first-order chi connectivity index (χ1) is 13.5. The minimum Gasteiger partial charge on any atom is -0.497 e. The Balaban J connectivity index is 1.89. The molecule has 3 N–H and O–H groups in total. The fourth-order valence-electron chi connectivity index (χ4n) is 3.57. The molecule has 1 aliphatic rings. The van der Waals surface area contributed by atoms with Crippen molar-refractivity contribution in [1.82, 2.24) is 4.90 Å². The van der Waals surface area contributed by atoms with E-state index in [1.807, 2.05) is 17.0 Å². The maximum absolute atomic E-state index is 13.2. The molecule has 148 valence electrons. The average molecular weight is 383 g/mol. The van der Waals surface area contributed by atoms with E-state index in [9.17, 15) is 9.59 Å². The predicted octanol–water partition coefficient (Wildman–Crippen LogP) is 2.33. The number of carbonyl (C=O) groups is 2. The molecule has 7 nitrogen and oxygen atoms in total. The van der Waals surface area contributed by atoms with E-state index in [1.165, 1.54) is 0 Å². The van der Waals surface area contributed by atoms with Crippen molar-refractivity contribution in [2.45, 2.75) is 24.9 Å². The molecular weight excluding hydrogens is 358 g/mol. The van der Waals surface area contributed by atoms with Gasteiger partial charge in [0.05, 0.1) is 20.3 Å². The van der Waals surface area contributed by atoms with Crippen LogP contribution in [-0.2, 0) is 9.59 Å². The van der Waals surface area contributed by atoms with Crippen LogP contribution in [-0.4, -0.2) is 43.5 Å². The zero-order valence-electron chi connectivity index (χ0n) is 16.1. The zero-order valence-corrected chi connectivity index (χ0v) is 16.1. The number of likely N-dealkylation sites (tertiary alicyclic amines) is 1. The molecule has 1 heterocycles. The molecule has 0 aromatic heterocycles. The van der Waals surface area contributed by atoms with Crippen LogP contribution >= 0.6 is 0 Å². The van der Waals surface area contributed by atoms with Crippen LogP contribution in [0.1, 0.15) is 24.4 Å². The number of hydrogen-bond acceptors (Lipinski definition) is 5. The number of nitrogens with one attached hydrogen (secondary N) is 1. The van der Waals surface area contributed by atoms with E-state index < -0.39 is 18.0 Å². The van der Waals surface area contributed by atoms with Crippen LogP contribution < -0.4 is 20.5 Å². The number of hydrogen-bond donors (Lipinski definition) is 2. The summed E-state index contributed by atoms with van der Waals surface area (Å²) >= 11 is 0. The molecule has 2 aromatic rings. The van der Waals surface area contributed by atoms with E-state index in [0.29, 0.717) is 30.2 Å². The van der Waals surface area contributed by atoms with Crippen LogP contribution in [0.15, 0.2) is 48.5 Å². The lowest BCUT2D eigenvalue weighted by molar-refractivity contribution is -0.127. The average Bonchev–Trinajstić information content (AvgIpc) is 3.19. The van der Waals surface area contributed by atoms with Crippen molar-refractivity contribution in [2.24, 2.45) is 5.73 Å². The molecule has 0 bridgehead atoms. The first kappa shape index (κ1) is 19.7. The van der Waals surface area contributed by atoms with Crippen molar-refractivity contribution in [3.05, 3.63) is 54.1 Å². The Morgan fingerprint density at radius 3 is 2.14 bits per heavy atom. The van der Waals surface area contributed by atoms with Gasteiger partial charge in [0.2, 0.25) is 11.8 Å². The number of amides is 2. The minimum atomic E-state index is -0.631. The Hall–Kier alpha value is -3.06. The van der Waals surface area contributed by atoms with Gasteiger partial charge < -0.3 is 20.5 Å². The SMILES string of the molecule is COc1ccc(NC(=O)[C@H](c2ccc(OC)cc2)N2CCCC2C(N)=O)cc1. The van der Waals surface area contributed by atoms with E-state index in [1.54, 1.807) is 50.6 Å². The van der Waals surface area contributed by atoms with Gasteiger partial charge in [0.15, 0.2) is 0 Å². The lowest BCUT2D eigenvalue weighted by atomic mass is 10.0. The molecule has 28 heavy (non-hydrogen) atoms. The maximum Gasteiger partial charge on any atom is 0.246 e. The second-order valence-electron chi connectivity index (χ2n) is 6.69. The number of nitrogens with zero attached hydrogens (tertiary/aromatic N) is 1. The molecule has 0 radical (unpaired) electrons. The van der Waals surface area contributed by atoms with Crippen LogP contribution in [0.4, 0.5) is 5.69 Å². The van der Waals surface area contributed by atoms with Gasteiger partial charge in [-0.2, -0.15) is 0 Å². The third-order valence-corrected chi connectivity index (χ3v) is 4.99. The smallest absolute Gasteiger partial charge is 0.246 e. The first-order valence-corrected chi connectivity index (χ1v) is 9.17. The number of nitrogens with two attached hydrogens (primary N) is 1. The molecule has 0 aliphatic carbocycles. The Kier molecular flexibility index (Phi) is 6.16. The highest BCUT2D eigenvalue weighted by Gasteiger charge is 2.38. The first-order valence-electron chi connectivity index (χ1n) is 9.17. The number of methoxy groups -OCH3 is 2. The quantitative estimate of drug-likeness (QED) is 0.765. The van der Waals surface area contributed by atoms with Gasteiger partial charge in [-0.3, -0.25) is 14.5 Å². The normalized spacial score (nSPS) is 17.7. The number of primary amides is 1. The number of carbonyl (C=O) groups excluding carboxylic acids is 2. The van der Waals surface area contributed by atoms with E-state index in [0.717, 1.165) is 12.0 Å². The van der Waals surface area contributed by atoms with Crippen LogP contribution in [0.5, 0.6) is 11.5 Å². The molecule has 0 spiro atoms. The summed E-state index contributed by atoms with van der Waals surface area (Å²) in [5.41, 5.74) is 7.02. The van der Waals surface area contributed by atoms with E-state index in [-0.39, 0.29) is 5.91 Å². The second-order valence-corrected chi connectivity index (χ2v) is 6.69. The van der Waals surface area contributed by atoms with Crippen molar-refractivity contribution in [3.63, 3.8) is 0 Å². The van der Waals surface area contributed by atoms with Crippen LogP contribution in [0.3, 0.4) is 0 Å². The van der Waals surface area contributed by atoms with Crippen molar-refractivity contribution in [3.8, 4) is 11.5 Å². The lowest BCUT2D eigenvalue weighted by Gasteiger charge is -2.31. The third kappa shape index (κ3) is 4.26. The van der Waals surface area contributed by atoms with E-state index >= 15 is 0 Å². The minimum absolute atomic E-state index is 0.219. The van der Waals surface area contributed by atoms with E-state index in [2.05, 4.69) is 5.32 Å². The number of rotatable bonds is 7. The van der Waals surface area contributed by atoms with Crippen molar-refractivity contribution < 1.29 is 19.1 Å². The zero-order chi connectivity index (χ0) is 20.1. The molecule has 2 atom stereocenters. The largest absolute Gasteiger partial charge is 0.497 e. The van der Waals surface area contributed by atoms with Gasteiger partial charge >= 0.3 is 0 Å². The Morgan fingerprint density at radius 2 is 1.61 bits per heavy atom. The van der Waals surface area contributed by atoms with Gasteiger partial charge in [-0.15, -0.1) is 0 Å². The Morgan fingerprint density at radius 1 is 1.04 bits per heavy atom. The molecule has 1 unspecified atom stereocenters. The summed E-state index contributed by atoms with van der Waals surface area (Å²) in [5, 5.41) is 2.94. The van der Waals surface area contributed by atoms with Crippen LogP contribution in [0.25, 0.3) is 0 Å². The van der Waals surface area contributed by atoms with Gasteiger partial charge in [0.25, 0.3) is 0 Å². The highest BCUT2D eigenvalue weighted by Crippen LogP contribution is 2.31. The fourth-order valence-corrected chi connectivity index (χ4v) is 3.57. The summed E-state index contributed by atoms with van der Waals surface area (Å²) < 4.78 is 10.4. The summed E-state index contributed by atoms with van der Waals surface area (Å²) in [7, 11) is 3.18. The summed E-state index contributed by atoms with van der Waals surface area (Å²) in [5.74, 6) is 0.778. The number of benzene rings is 2. The molecule has 1 saturated heterocycles. The molecule has 2 aromatic carbocycles. The summed E-state index contributed by atoms with van der Waals surface area (Å²) in [6, 6.07) is 13.3. The summed E-state index contributed by atoms with van der Waals surface area (Å²) in [6.07, 6.45) is 1.47.